The molecule has 1 heterocycles. The summed E-state index contributed by atoms with van der Waals surface area (Å²) >= 11 is 0. The van der Waals surface area contributed by atoms with Crippen LogP contribution in [0, 0.1) is 11.8 Å². The van der Waals surface area contributed by atoms with Gasteiger partial charge in [0.1, 0.15) is 5.75 Å². The maximum atomic E-state index is 12.1. The number of hydrogen-bond acceptors (Lipinski definition) is 3. The van der Waals surface area contributed by atoms with E-state index in [0.29, 0.717) is 31.4 Å². The third-order valence-electron chi connectivity index (χ3n) is 5.53. The number of benzene rings is 2. The number of aliphatic hydroxyl groups is 1. The molecule has 0 spiro atoms. The summed E-state index contributed by atoms with van der Waals surface area (Å²) in [5.74, 6) is 7.04. The Hall–Kier alpha value is -2.97. The number of ether oxygens (including phenoxy) is 1. The number of aliphatic hydroxyl groups excluding tert-OH is 1. The van der Waals surface area contributed by atoms with Gasteiger partial charge in [-0.15, -0.1) is 0 Å². The molecule has 0 fully saturated rings. The molecule has 1 aliphatic heterocycles. The van der Waals surface area contributed by atoms with Crippen LogP contribution in [0.25, 0.3) is 0 Å². The predicted octanol–water partition coefficient (Wildman–Crippen LogP) is 3.79. The van der Waals surface area contributed by atoms with E-state index in [9.17, 15) is 9.90 Å². The molecule has 1 atom stereocenters. The number of anilines is 1. The van der Waals surface area contributed by atoms with Crippen LogP contribution in [0.2, 0.25) is 0 Å². The van der Waals surface area contributed by atoms with Crippen molar-refractivity contribution in [3.8, 4) is 17.6 Å². The molecule has 5 heteroatoms. The molecule has 150 valence electrons. The predicted molar refractivity (Wildman–Crippen MR) is 112 cm³/mol. The number of aryl methyl sites for hydroxylation is 1. The summed E-state index contributed by atoms with van der Waals surface area (Å²) in [6, 6.07) is 11.5. The molecule has 0 radical (unpaired) electrons. The molecule has 0 aromatic heterocycles. The normalized spacial score (nSPS) is 16.8. The standard InChI is InChI=1S/C24H25NO4/c26-10-3-1-2-6-17-7-4-9-21(12-17)25(24(27)28)22-14-19-13-18-8-5-11-29-23(18)16-20(19)15-22/h4,7,9,12-13,16,22,26H,1,3,5,8,10-11,14-15H2,(H,27,28). The molecule has 0 bridgehead atoms. The van der Waals surface area contributed by atoms with Gasteiger partial charge in [-0.2, -0.15) is 0 Å². The SMILES string of the molecule is O=C(O)N(c1cccc(C#CCCCO)c1)C1Cc2cc3c(cc2C1)OCCC3. The minimum absolute atomic E-state index is 0.123. The van der Waals surface area contributed by atoms with Crippen molar-refractivity contribution in [2.45, 2.75) is 44.6 Å². The van der Waals surface area contributed by atoms with Crippen LogP contribution in [-0.4, -0.2) is 35.6 Å². The number of carbonyl (C=O) groups is 1. The average molecular weight is 391 g/mol. The highest BCUT2D eigenvalue weighted by Gasteiger charge is 2.32. The minimum Gasteiger partial charge on any atom is -0.493 e. The van der Waals surface area contributed by atoms with Crippen LogP contribution in [0.15, 0.2) is 36.4 Å². The van der Waals surface area contributed by atoms with Crippen LogP contribution in [-0.2, 0) is 19.3 Å². The largest absolute Gasteiger partial charge is 0.493 e. The monoisotopic (exact) mass is 391 g/mol. The van der Waals surface area contributed by atoms with Gasteiger partial charge in [0.2, 0.25) is 0 Å². The van der Waals surface area contributed by atoms with E-state index >= 15 is 0 Å². The first-order chi connectivity index (χ1) is 14.2. The first-order valence-electron chi connectivity index (χ1n) is 10.1. The molecule has 2 aliphatic rings. The lowest BCUT2D eigenvalue weighted by molar-refractivity contribution is 0.199. The van der Waals surface area contributed by atoms with Gasteiger partial charge in [0, 0.05) is 30.3 Å². The molecule has 5 nitrogen and oxygen atoms in total. The van der Waals surface area contributed by atoms with Gasteiger partial charge in [-0.1, -0.05) is 24.0 Å². The summed E-state index contributed by atoms with van der Waals surface area (Å²) in [4.78, 5) is 13.6. The second-order valence-electron chi connectivity index (χ2n) is 7.57. The number of hydrogen-bond donors (Lipinski definition) is 2. The summed E-state index contributed by atoms with van der Waals surface area (Å²) in [7, 11) is 0. The van der Waals surface area contributed by atoms with Crippen LogP contribution < -0.4 is 9.64 Å². The molecule has 1 unspecified atom stereocenters. The molecular formula is C24H25NO4. The lowest BCUT2D eigenvalue weighted by atomic mass is 10.0. The molecule has 1 aliphatic carbocycles. The molecule has 1 amide bonds. The lowest BCUT2D eigenvalue weighted by Gasteiger charge is -2.26. The quantitative estimate of drug-likeness (QED) is 0.615. The fraction of sp³-hybridized carbons (Fsp3) is 0.375. The summed E-state index contributed by atoms with van der Waals surface area (Å²) in [6.07, 6.45) is 3.76. The number of carboxylic acid groups (broad SMARTS) is 1. The van der Waals surface area contributed by atoms with Crippen LogP contribution >= 0.6 is 0 Å². The Morgan fingerprint density at radius 2 is 2.00 bits per heavy atom. The zero-order valence-electron chi connectivity index (χ0n) is 16.4. The number of fused-ring (bicyclic) bond motifs is 2. The number of unbranched alkanes of at least 4 members (excludes halogenated alkanes) is 1. The van der Waals surface area contributed by atoms with E-state index in [2.05, 4.69) is 24.0 Å². The van der Waals surface area contributed by atoms with Crippen molar-refractivity contribution in [3.05, 3.63) is 58.7 Å². The van der Waals surface area contributed by atoms with Gasteiger partial charge >= 0.3 is 6.09 Å². The average Bonchev–Trinajstić information content (AvgIpc) is 3.11. The van der Waals surface area contributed by atoms with Crippen molar-refractivity contribution >= 4 is 11.8 Å². The third kappa shape index (κ3) is 4.23. The Morgan fingerprint density at radius 3 is 2.79 bits per heavy atom. The molecule has 0 saturated heterocycles. The van der Waals surface area contributed by atoms with E-state index in [0.717, 1.165) is 30.8 Å². The highest BCUT2D eigenvalue weighted by molar-refractivity contribution is 5.87. The highest BCUT2D eigenvalue weighted by Crippen LogP contribution is 2.35. The van der Waals surface area contributed by atoms with Gasteiger partial charge in [0.05, 0.1) is 6.61 Å². The fourth-order valence-electron chi connectivity index (χ4n) is 4.18. The molecule has 2 N–H and O–H groups in total. The molecular weight excluding hydrogens is 366 g/mol. The summed E-state index contributed by atoms with van der Waals surface area (Å²) < 4.78 is 5.79. The topological polar surface area (TPSA) is 70.0 Å². The Kier molecular flexibility index (Phi) is 5.73. The Labute approximate surface area is 170 Å². The molecule has 4 rings (SSSR count). The van der Waals surface area contributed by atoms with Gasteiger partial charge in [0.15, 0.2) is 0 Å². The maximum absolute atomic E-state index is 12.1. The summed E-state index contributed by atoms with van der Waals surface area (Å²) in [5.41, 5.74) is 5.07. The molecule has 2 aromatic carbocycles. The van der Waals surface area contributed by atoms with Crippen molar-refractivity contribution in [3.63, 3.8) is 0 Å². The van der Waals surface area contributed by atoms with Gasteiger partial charge in [-0.3, -0.25) is 4.90 Å². The van der Waals surface area contributed by atoms with Crippen LogP contribution in [0.5, 0.6) is 5.75 Å². The van der Waals surface area contributed by atoms with Gasteiger partial charge in [0.25, 0.3) is 0 Å². The number of rotatable bonds is 4. The minimum atomic E-state index is -0.950. The molecule has 0 saturated carbocycles. The summed E-state index contributed by atoms with van der Waals surface area (Å²) in [5, 5.41) is 18.8. The van der Waals surface area contributed by atoms with Crippen molar-refractivity contribution < 1.29 is 19.7 Å². The number of amides is 1. The van der Waals surface area contributed by atoms with Crippen molar-refractivity contribution in [1.82, 2.24) is 0 Å². The van der Waals surface area contributed by atoms with E-state index in [-0.39, 0.29) is 12.6 Å². The smallest absolute Gasteiger partial charge is 0.412 e. The van der Waals surface area contributed by atoms with Crippen LogP contribution in [0.4, 0.5) is 10.5 Å². The van der Waals surface area contributed by atoms with E-state index in [1.54, 1.807) is 0 Å². The van der Waals surface area contributed by atoms with Crippen molar-refractivity contribution in [1.29, 1.82) is 0 Å². The lowest BCUT2D eigenvalue weighted by Crippen LogP contribution is -2.40. The second-order valence-corrected chi connectivity index (χ2v) is 7.57. The van der Waals surface area contributed by atoms with Gasteiger partial charge < -0.3 is 14.9 Å². The first kappa shape index (κ1) is 19.4. The maximum Gasteiger partial charge on any atom is 0.412 e. The molecule has 29 heavy (non-hydrogen) atoms. The Morgan fingerprint density at radius 1 is 1.17 bits per heavy atom. The molecule has 2 aromatic rings. The van der Waals surface area contributed by atoms with Gasteiger partial charge in [-0.25, -0.2) is 4.79 Å². The highest BCUT2D eigenvalue weighted by atomic mass is 16.5. The number of nitrogens with zero attached hydrogens (tertiary/aromatic N) is 1. The second kappa shape index (κ2) is 8.59. The Balaban J connectivity index is 1.57. The van der Waals surface area contributed by atoms with Crippen LogP contribution in [0.3, 0.4) is 0 Å². The zero-order chi connectivity index (χ0) is 20.2. The Bertz CT molecular complexity index is 938. The van der Waals surface area contributed by atoms with E-state index in [1.165, 1.54) is 21.6 Å². The third-order valence-corrected chi connectivity index (χ3v) is 5.53. The summed E-state index contributed by atoms with van der Waals surface area (Å²) in [6.45, 7) is 0.876. The fourth-order valence-corrected chi connectivity index (χ4v) is 4.18. The van der Waals surface area contributed by atoms with Crippen molar-refractivity contribution in [2.75, 3.05) is 18.1 Å². The first-order valence-corrected chi connectivity index (χ1v) is 10.1. The van der Waals surface area contributed by atoms with Gasteiger partial charge in [-0.05, 0) is 73.1 Å². The van der Waals surface area contributed by atoms with Crippen molar-refractivity contribution in [2.24, 2.45) is 0 Å². The van der Waals surface area contributed by atoms with E-state index < -0.39 is 6.09 Å². The van der Waals surface area contributed by atoms with E-state index in [1.807, 2.05) is 24.3 Å². The van der Waals surface area contributed by atoms with Crippen LogP contribution in [0.1, 0.15) is 41.5 Å². The van der Waals surface area contributed by atoms with E-state index in [4.69, 9.17) is 9.84 Å². The zero-order valence-corrected chi connectivity index (χ0v) is 16.4.